The maximum atomic E-state index is 10.0. The first-order chi connectivity index (χ1) is 16.5. The number of rotatable bonds is 4. The van der Waals surface area contributed by atoms with Crippen molar-refractivity contribution in [2.75, 3.05) is 0 Å². The summed E-state index contributed by atoms with van der Waals surface area (Å²) in [5, 5.41) is 9.38. The first kappa shape index (κ1) is 25.8. The van der Waals surface area contributed by atoms with Crippen LogP contribution < -0.4 is 0 Å². The predicted molar refractivity (Wildman–Crippen MR) is 136 cm³/mol. The molecule has 0 fully saturated rings. The molecule has 35 heavy (non-hydrogen) atoms. The third kappa shape index (κ3) is 6.42. The summed E-state index contributed by atoms with van der Waals surface area (Å²) in [6.45, 7) is 2.85. The molecule has 1 N–H and O–H groups in total. The molecule has 5 aromatic rings. The van der Waals surface area contributed by atoms with Gasteiger partial charge in [0.1, 0.15) is 11.3 Å². The van der Waals surface area contributed by atoms with E-state index in [4.69, 9.17) is 9.52 Å². The van der Waals surface area contributed by atoms with Crippen LogP contribution in [-0.4, -0.2) is 15.9 Å². The monoisotopic (exact) mass is 639 g/mol. The predicted octanol–water partition coefficient (Wildman–Crippen LogP) is 7.66. The van der Waals surface area contributed by atoms with Crippen molar-refractivity contribution in [2.24, 2.45) is 0 Å². The molecule has 0 amide bonds. The molecule has 2 aromatic heterocycles. The van der Waals surface area contributed by atoms with Gasteiger partial charge in [0.15, 0.2) is 5.78 Å². The van der Waals surface area contributed by atoms with Crippen molar-refractivity contribution >= 4 is 16.8 Å². The molecule has 5 rings (SSSR count). The van der Waals surface area contributed by atoms with Crippen molar-refractivity contribution in [3.05, 3.63) is 115 Å². The van der Waals surface area contributed by atoms with Crippen LogP contribution in [0.1, 0.15) is 13.8 Å². The van der Waals surface area contributed by atoms with Gasteiger partial charge in [-0.05, 0) is 31.2 Å². The maximum absolute atomic E-state index is 10.0. The largest absolute Gasteiger partial charge is 0.512 e. The van der Waals surface area contributed by atoms with Crippen LogP contribution in [0.5, 0.6) is 0 Å². The van der Waals surface area contributed by atoms with Crippen LogP contribution in [0, 0.1) is 6.07 Å². The number of carbonyl (C=O) groups is 1. The molecule has 0 bridgehead atoms. The summed E-state index contributed by atoms with van der Waals surface area (Å²) in [4.78, 5) is 14.7. The van der Waals surface area contributed by atoms with E-state index in [1.165, 1.54) is 19.9 Å². The molecular formula is C30H24IrNO3-. The van der Waals surface area contributed by atoms with Crippen LogP contribution in [0.4, 0.5) is 0 Å². The zero-order valence-electron chi connectivity index (χ0n) is 19.4. The molecule has 0 aliphatic carbocycles. The molecule has 0 aliphatic rings. The molecule has 0 spiro atoms. The van der Waals surface area contributed by atoms with Crippen molar-refractivity contribution in [3.8, 4) is 33.7 Å². The number of nitrogens with zero attached hydrogens (tertiary/aromatic N) is 1. The number of allylic oxidation sites excluding steroid dienone is 2. The molecule has 177 valence electrons. The van der Waals surface area contributed by atoms with Crippen LogP contribution in [-0.2, 0) is 24.9 Å². The topological polar surface area (TPSA) is 63.3 Å². The van der Waals surface area contributed by atoms with Crippen LogP contribution in [0.2, 0.25) is 0 Å². The Morgan fingerprint density at radius 1 is 0.914 bits per heavy atom. The number of furan rings is 1. The van der Waals surface area contributed by atoms with E-state index in [1.807, 2.05) is 72.9 Å². The summed E-state index contributed by atoms with van der Waals surface area (Å²) in [5.41, 5.74) is 5.90. The van der Waals surface area contributed by atoms with Crippen LogP contribution in [0.3, 0.4) is 0 Å². The van der Waals surface area contributed by atoms with Gasteiger partial charge in [0.2, 0.25) is 0 Å². The van der Waals surface area contributed by atoms with Gasteiger partial charge in [-0.1, -0.05) is 60.7 Å². The first-order valence-corrected chi connectivity index (χ1v) is 10.9. The summed E-state index contributed by atoms with van der Waals surface area (Å²) in [5.74, 6) is 0.806. The second-order valence-corrected chi connectivity index (χ2v) is 7.78. The normalized spacial score (nSPS) is 10.7. The van der Waals surface area contributed by atoms with Gasteiger partial charge >= 0.3 is 0 Å². The Kier molecular flexibility index (Phi) is 8.91. The van der Waals surface area contributed by atoms with Crippen molar-refractivity contribution in [1.29, 1.82) is 0 Å². The third-order valence-electron chi connectivity index (χ3n) is 5.07. The van der Waals surface area contributed by atoms with E-state index < -0.39 is 0 Å². The number of carbonyl (C=O) groups excluding carboxylic acids is 1. The number of hydrogen-bond acceptors (Lipinski definition) is 4. The van der Waals surface area contributed by atoms with Gasteiger partial charge in [0.05, 0.1) is 5.76 Å². The van der Waals surface area contributed by atoms with E-state index in [0.29, 0.717) is 0 Å². The Morgan fingerprint density at radius 2 is 1.54 bits per heavy atom. The minimum Gasteiger partial charge on any atom is -0.512 e. The zero-order chi connectivity index (χ0) is 23.9. The number of aliphatic hydroxyl groups excluding tert-OH is 1. The van der Waals surface area contributed by atoms with Crippen molar-refractivity contribution in [2.45, 2.75) is 13.8 Å². The Bertz CT molecular complexity index is 1420. The summed E-state index contributed by atoms with van der Waals surface area (Å²) >= 11 is 0. The molecule has 0 atom stereocenters. The molecular weight excluding hydrogens is 615 g/mol. The Balaban J connectivity index is 0.000000378. The molecule has 1 radical (unpaired) electrons. The quantitative estimate of drug-likeness (QED) is 0.125. The fraction of sp³-hybridized carbons (Fsp3) is 0.0667. The van der Waals surface area contributed by atoms with Gasteiger partial charge < -0.3 is 14.5 Å². The van der Waals surface area contributed by atoms with E-state index in [9.17, 15) is 4.79 Å². The number of aliphatic hydroxyl groups is 1. The fourth-order valence-electron chi connectivity index (χ4n) is 3.67. The van der Waals surface area contributed by atoms with Crippen molar-refractivity contribution < 1.29 is 34.4 Å². The number of aromatic nitrogens is 1. The second-order valence-electron chi connectivity index (χ2n) is 7.78. The third-order valence-corrected chi connectivity index (χ3v) is 5.07. The minimum absolute atomic E-state index is 0. The molecule has 0 saturated carbocycles. The Labute approximate surface area is 218 Å². The van der Waals surface area contributed by atoms with Crippen LogP contribution in [0.15, 0.2) is 113 Å². The van der Waals surface area contributed by atoms with E-state index in [-0.39, 0.29) is 31.6 Å². The van der Waals surface area contributed by atoms with Crippen LogP contribution >= 0.6 is 0 Å². The van der Waals surface area contributed by atoms with E-state index in [2.05, 4.69) is 35.3 Å². The number of pyridine rings is 1. The molecule has 4 nitrogen and oxygen atoms in total. The average Bonchev–Trinajstić information content (AvgIpc) is 3.24. The fourth-order valence-corrected chi connectivity index (χ4v) is 3.67. The maximum Gasteiger partial charge on any atom is 0.155 e. The van der Waals surface area contributed by atoms with E-state index >= 15 is 0 Å². The van der Waals surface area contributed by atoms with Crippen molar-refractivity contribution in [3.63, 3.8) is 0 Å². The van der Waals surface area contributed by atoms with Gasteiger partial charge in [-0.25, -0.2) is 0 Å². The number of hydrogen-bond donors (Lipinski definition) is 1. The Morgan fingerprint density at radius 3 is 2.09 bits per heavy atom. The summed E-state index contributed by atoms with van der Waals surface area (Å²) in [6.07, 6.45) is 3.07. The SMILES string of the molecule is CC(=O)/C=C(/C)O.[Ir].[c-]1ccccc1-c1cc2oc(-c3ccccc3)c(-c3ccccc3)c2cn1. The van der Waals surface area contributed by atoms with Gasteiger partial charge in [0.25, 0.3) is 0 Å². The van der Waals surface area contributed by atoms with Gasteiger partial charge in [-0.3, -0.25) is 4.79 Å². The smallest absolute Gasteiger partial charge is 0.155 e. The van der Waals surface area contributed by atoms with Gasteiger partial charge in [0, 0.05) is 48.9 Å². The van der Waals surface area contributed by atoms with Gasteiger partial charge in [-0.2, -0.15) is 0 Å². The summed E-state index contributed by atoms with van der Waals surface area (Å²) in [6, 6.07) is 33.6. The zero-order valence-corrected chi connectivity index (χ0v) is 21.8. The average molecular weight is 639 g/mol. The minimum atomic E-state index is -0.125. The number of ketones is 1. The van der Waals surface area contributed by atoms with Gasteiger partial charge in [-0.15, -0.1) is 35.9 Å². The second kappa shape index (κ2) is 12.1. The standard InChI is InChI=1S/C25H16NO.C5H8O2.Ir/c1-4-10-18(11-5-1)22-16-23-21(17-26-22)24(19-12-6-2-7-13-19)25(27-23)20-14-8-3-9-15-20;1-4(6)3-5(2)7;/h1-10,12-17H;3,6H,1-2H3;/q-1;;/b;4-3-;. The molecule has 0 aliphatic heterocycles. The Hall–Kier alpha value is -3.79. The summed E-state index contributed by atoms with van der Waals surface area (Å²) in [7, 11) is 0. The van der Waals surface area contributed by atoms with E-state index in [1.54, 1.807) is 0 Å². The number of fused-ring (bicyclic) bond motifs is 1. The van der Waals surface area contributed by atoms with E-state index in [0.717, 1.165) is 44.7 Å². The molecule has 0 saturated heterocycles. The molecule has 5 heteroatoms. The summed E-state index contributed by atoms with van der Waals surface area (Å²) < 4.78 is 6.35. The van der Waals surface area contributed by atoms with Crippen LogP contribution in [0.25, 0.3) is 44.7 Å². The first-order valence-electron chi connectivity index (χ1n) is 10.9. The number of benzene rings is 3. The van der Waals surface area contributed by atoms with Crippen molar-refractivity contribution in [1.82, 2.24) is 4.98 Å². The molecule has 0 unspecified atom stereocenters. The molecule has 3 aromatic carbocycles. The molecule has 2 heterocycles.